The molecule has 0 aliphatic heterocycles. The average Bonchev–Trinajstić information content (AvgIpc) is 2.68. The van der Waals surface area contributed by atoms with Crippen LogP contribution in [-0.2, 0) is 11.3 Å². The first-order valence-corrected chi connectivity index (χ1v) is 9.30. The minimum atomic E-state index is -0.275. The summed E-state index contributed by atoms with van der Waals surface area (Å²) in [5.74, 6) is -0.477. The molecule has 0 bridgehead atoms. The van der Waals surface area contributed by atoms with E-state index in [4.69, 9.17) is 12.2 Å². The van der Waals surface area contributed by atoms with Gasteiger partial charge in [-0.2, -0.15) is 0 Å². The van der Waals surface area contributed by atoms with E-state index in [1.54, 1.807) is 42.5 Å². The summed E-state index contributed by atoms with van der Waals surface area (Å²) >= 11 is 5.25. The molecule has 0 unspecified atom stereocenters. The maximum Gasteiger partial charge on any atom is 0.262 e. The van der Waals surface area contributed by atoms with Crippen LogP contribution in [0.25, 0.3) is 10.9 Å². The van der Waals surface area contributed by atoms with Crippen LogP contribution < -0.4 is 16.2 Å². The Hall–Kier alpha value is -3.26. The summed E-state index contributed by atoms with van der Waals surface area (Å²) < 4.78 is 1.65. The number of benzene rings is 2. The molecule has 144 valence electrons. The lowest BCUT2D eigenvalue weighted by Crippen LogP contribution is -2.25. The normalized spacial score (nSPS) is 10.6. The Morgan fingerprint density at radius 1 is 1.14 bits per heavy atom. The molecule has 3 aromatic rings. The first-order chi connectivity index (χ1) is 13.5. The first-order valence-electron chi connectivity index (χ1n) is 8.89. The van der Waals surface area contributed by atoms with Gasteiger partial charge in [-0.3, -0.25) is 19.0 Å². The van der Waals surface area contributed by atoms with Gasteiger partial charge in [0.25, 0.3) is 11.5 Å². The number of aromatic amines is 1. The fourth-order valence-electron chi connectivity index (χ4n) is 2.84. The van der Waals surface area contributed by atoms with Crippen molar-refractivity contribution in [2.24, 2.45) is 0 Å². The Morgan fingerprint density at radius 3 is 2.71 bits per heavy atom. The molecular weight excluding hydrogens is 376 g/mol. The standard InChI is InChI=1S/C20H20N4O3S/c1-2-21-18(26)13-6-5-7-14(12-13)22-17(25)10-11-24-19(27)15-8-3-4-9-16(15)23-20(24)28/h3-9,12H,2,10-11H2,1H3,(H,21,26)(H,22,25)(H,23,28). The molecule has 0 spiro atoms. The second-order valence-electron chi connectivity index (χ2n) is 6.17. The van der Waals surface area contributed by atoms with E-state index >= 15 is 0 Å². The maximum atomic E-state index is 12.6. The number of nitrogens with zero attached hydrogens (tertiary/aromatic N) is 1. The number of hydrogen-bond acceptors (Lipinski definition) is 4. The van der Waals surface area contributed by atoms with Gasteiger partial charge in [-0.25, -0.2) is 0 Å². The smallest absolute Gasteiger partial charge is 0.262 e. The van der Waals surface area contributed by atoms with Crippen molar-refractivity contribution in [1.82, 2.24) is 14.9 Å². The minimum absolute atomic E-state index is 0.0705. The first kappa shape index (κ1) is 19.5. The Bertz CT molecular complexity index is 1150. The molecule has 0 atom stereocenters. The maximum absolute atomic E-state index is 12.6. The Balaban J connectivity index is 1.71. The highest BCUT2D eigenvalue weighted by Gasteiger charge is 2.10. The number of rotatable bonds is 6. The van der Waals surface area contributed by atoms with Gasteiger partial charge >= 0.3 is 0 Å². The van der Waals surface area contributed by atoms with E-state index in [9.17, 15) is 14.4 Å². The van der Waals surface area contributed by atoms with Crippen molar-refractivity contribution in [3.63, 3.8) is 0 Å². The summed E-state index contributed by atoms with van der Waals surface area (Å²) in [5.41, 5.74) is 1.42. The summed E-state index contributed by atoms with van der Waals surface area (Å²) in [4.78, 5) is 39.8. The average molecular weight is 396 g/mol. The lowest BCUT2D eigenvalue weighted by atomic mass is 10.2. The second-order valence-corrected chi connectivity index (χ2v) is 6.56. The number of carbonyl (C=O) groups is 2. The Morgan fingerprint density at radius 2 is 1.93 bits per heavy atom. The Kier molecular flexibility index (Phi) is 6.00. The van der Waals surface area contributed by atoms with Gasteiger partial charge in [0.05, 0.1) is 10.9 Å². The highest BCUT2D eigenvalue weighted by molar-refractivity contribution is 7.71. The topological polar surface area (TPSA) is 96.0 Å². The van der Waals surface area contributed by atoms with Crippen molar-refractivity contribution in [2.45, 2.75) is 19.9 Å². The van der Waals surface area contributed by atoms with Gasteiger partial charge < -0.3 is 15.6 Å². The molecule has 2 aromatic carbocycles. The quantitative estimate of drug-likeness (QED) is 0.558. The number of carbonyl (C=O) groups excluding carboxylic acids is 2. The van der Waals surface area contributed by atoms with Crippen molar-refractivity contribution in [1.29, 1.82) is 0 Å². The molecule has 0 aliphatic rings. The summed E-state index contributed by atoms with van der Waals surface area (Å²) in [7, 11) is 0. The van der Waals surface area contributed by atoms with Crippen molar-refractivity contribution in [3.8, 4) is 0 Å². The van der Waals surface area contributed by atoms with Crippen molar-refractivity contribution in [3.05, 3.63) is 69.2 Å². The number of para-hydroxylation sites is 1. The molecule has 7 nitrogen and oxygen atoms in total. The lowest BCUT2D eigenvalue weighted by Gasteiger charge is -2.10. The van der Waals surface area contributed by atoms with Gasteiger partial charge in [0, 0.05) is 30.8 Å². The monoisotopic (exact) mass is 396 g/mol. The predicted octanol–water partition coefficient (Wildman–Crippen LogP) is 2.84. The van der Waals surface area contributed by atoms with E-state index in [1.165, 1.54) is 4.57 Å². The molecule has 0 aliphatic carbocycles. The van der Waals surface area contributed by atoms with Crippen LogP contribution in [0.4, 0.5) is 5.69 Å². The highest BCUT2D eigenvalue weighted by Crippen LogP contribution is 2.11. The zero-order chi connectivity index (χ0) is 20.1. The number of fused-ring (bicyclic) bond motifs is 1. The van der Waals surface area contributed by atoms with Crippen LogP contribution in [0.15, 0.2) is 53.3 Å². The minimum Gasteiger partial charge on any atom is -0.352 e. The number of aromatic nitrogens is 2. The van der Waals surface area contributed by atoms with E-state index in [-0.39, 0.29) is 35.1 Å². The van der Waals surface area contributed by atoms with Crippen LogP contribution in [0.2, 0.25) is 0 Å². The largest absolute Gasteiger partial charge is 0.352 e. The second kappa shape index (κ2) is 8.62. The third kappa shape index (κ3) is 4.34. The van der Waals surface area contributed by atoms with Crippen LogP contribution in [0.1, 0.15) is 23.7 Å². The fraction of sp³-hybridized carbons (Fsp3) is 0.200. The lowest BCUT2D eigenvalue weighted by molar-refractivity contribution is -0.116. The van der Waals surface area contributed by atoms with Crippen molar-refractivity contribution >= 4 is 40.6 Å². The van der Waals surface area contributed by atoms with Crippen LogP contribution in [-0.4, -0.2) is 27.9 Å². The molecule has 3 N–H and O–H groups in total. The van der Waals surface area contributed by atoms with Gasteiger partial charge in [-0.05, 0) is 49.5 Å². The fourth-order valence-corrected chi connectivity index (χ4v) is 3.12. The molecule has 1 heterocycles. The molecule has 0 radical (unpaired) electrons. The van der Waals surface area contributed by atoms with Gasteiger partial charge in [0.15, 0.2) is 4.77 Å². The van der Waals surface area contributed by atoms with E-state index in [0.29, 0.717) is 28.7 Å². The highest BCUT2D eigenvalue weighted by atomic mass is 32.1. The molecule has 0 saturated carbocycles. The molecule has 0 saturated heterocycles. The van der Waals surface area contributed by atoms with Crippen molar-refractivity contribution < 1.29 is 9.59 Å². The third-order valence-electron chi connectivity index (χ3n) is 4.20. The number of anilines is 1. The van der Waals surface area contributed by atoms with E-state index in [1.807, 2.05) is 13.0 Å². The Labute approximate surface area is 166 Å². The predicted molar refractivity (Wildman–Crippen MR) is 111 cm³/mol. The molecule has 3 rings (SSSR count). The molecule has 0 fully saturated rings. The van der Waals surface area contributed by atoms with Gasteiger partial charge in [-0.1, -0.05) is 18.2 Å². The number of nitrogens with one attached hydrogen (secondary N) is 3. The van der Waals surface area contributed by atoms with E-state index < -0.39 is 0 Å². The summed E-state index contributed by atoms with van der Waals surface area (Å²) in [6.45, 7) is 2.51. The van der Waals surface area contributed by atoms with Crippen LogP contribution in [0.5, 0.6) is 0 Å². The molecule has 8 heteroatoms. The summed E-state index contributed by atoms with van der Waals surface area (Å²) in [6, 6.07) is 13.8. The number of amides is 2. The summed E-state index contributed by atoms with van der Waals surface area (Å²) in [5, 5.41) is 5.98. The van der Waals surface area contributed by atoms with Crippen LogP contribution in [0.3, 0.4) is 0 Å². The van der Waals surface area contributed by atoms with Gasteiger partial charge in [-0.15, -0.1) is 0 Å². The zero-order valence-corrected chi connectivity index (χ0v) is 16.1. The zero-order valence-electron chi connectivity index (χ0n) is 15.3. The van der Waals surface area contributed by atoms with Crippen molar-refractivity contribution in [2.75, 3.05) is 11.9 Å². The number of hydrogen-bond donors (Lipinski definition) is 3. The van der Waals surface area contributed by atoms with Crippen LogP contribution in [0, 0.1) is 4.77 Å². The molecule has 2 amide bonds. The molecular formula is C20H20N4O3S. The summed E-state index contributed by atoms with van der Waals surface area (Å²) in [6.07, 6.45) is 0.0705. The SMILES string of the molecule is CCNC(=O)c1cccc(NC(=O)CCn2c(=S)[nH]c3ccccc3c2=O)c1. The third-order valence-corrected chi connectivity index (χ3v) is 4.52. The molecule has 28 heavy (non-hydrogen) atoms. The van der Waals surface area contributed by atoms with E-state index in [2.05, 4.69) is 15.6 Å². The van der Waals surface area contributed by atoms with Gasteiger partial charge in [0.1, 0.15) is 0 Å². The number of H-pyrrole nitrogens is 1. The van der Waals surface area contributed by atoms with Gasteiger partial charge in [0.2, 0.25) is 5.91 Å². The van der Waals surface area contributed by atoms with E-state index in [0.717, 1.165) is 0 Å². The molecule has 1 aromatic heterocycles. The van der Waals surface area contributed by atoms with Crippen LogP contribution >= 0.6 is 12.2 Å².